The van der Waals surface area contributed by atoms with Crippen LogP contribution in [0.1, 0.15) is 25.8 Å². The van der Waals surface area contributed by atoms with Crippen molar-refractivity contribution >= 4 is 11.6 Å². The Morgan fingerprint density at radius 2 is 2.00 bits per heavy atom. The van der Waals surface area contributed by atoms with Gasteiger partial charge in [0.05, 0.1) is 0 Å². The van der Waals surface area contributed by atoms with E-state index < -0.39 is 0 Å². The van der Waals surface area contributed by atoms with Gasteiger partial charge in [-0.1, -0.05) is 23.7 Å². The molecule has 4 heteroatoms. The highest BCUT2D eigenvalue weighted by Gasteiger charge is 2.09. The number of hydrogen-bond donors (Lipinski definition) is 1. The average Bonchev–Trinajstić information content (AvgIpc) is 2.45. The second-order valence-electron chi connectivity index (χ2n) is 5.15. The van der Waals surface area contributed by atoms with Crippen LogP contribution in [0.2, 0.25) is 5.02 Å². The second-order valence-corrected chi connectivity index (χ2v) is 5.58. The number of nitrogens with one attached hydrogen (secondary N) is 1. The maximum absolute atomic E-state index is 5.90. The van der Waals surface area contributed by atoms with Crippen LogP contribution < -0.4 is 5.32 Å². The maximum atomic E-state index is 5.90. The zero-order chi connectivity index (χ0) is 14.8. The molecule has 0 radical (unpaired) electrons. The van der Waals surface area contributed by atoms with Gasteiger partial charge in [0.1, 0.15) is 0 Å². The highest BCUT2D eigenvalue weighted by Crippen LogP contribution is 2.11. The van der Waals surface area contributed by atoms with Gasteiger partial charge in [0.15, 0.2) is 0 Å². The molecule has 0 amide bonds. The summed E-state index contributed by atoms with van der Waals surface area (Å²) in [5.74, 6) is 0. The van der Waals surface area contributed by atoms with Gasteiger partial charge in [0, 0.05) is 37.4 Å². The molecule has 0 heterocycles. The molecule has 1 aromatic rings. The van der Waals surface area contributed by atoms with Crippen molar-refractivity contribution in [1.29, 1.82) is 0 Å². The SMILES string of the molecule is CCOCCCNCC(C)N(C)Cc1ccc(Cl)cc1. The fourth-order valence-electron chi connectivity index (χ4n) is 1.94. The van der Waals surface area contributed by atoms with Crippen LogP contribution in [0, 0.1) is 0 Å². The Morgan fingerprint density at radius 3 is 2.65 bits per heavy atom. The van der Waals surface area contributed by atoms with Crippen molar-refractivity contribution in [1.82, 2.24) is 10.2 Å². The third-order valence-electron chi connectivity index (χ3n) is 3.38. The molecule has 0 aliphatic heterocycles. The smallest absolute Gasteiger partial charge is 0.0477 e. The van der Waals surface area contributed by atoms with Crippen LogP contribution in [0.25, 0.3) is 0 Å². The predicted octanol–water partition coefficient (Wildman–Crippen LogP) is 3.18. The van der Waals surface area contributed by atoms with Crippen molar-refractivity contribution in [3.05, 3.63) is 34.9 Å². The molecule has 0 aliphatic rings. The van der Waals surface area contributed by atoms with Crippen LogP contribution in [0.4, 0.5) is 0 Å². The quantitative estimate of drug-likeness (QED) is 0.672. The topological polar surface area (TPSA) is 24.5 Å². The van der Waals surface area contributed by atoms with Gasteiger partial charge in [-0.3, -0.25) is 4.90 Å². The van der Waals surface area contributed by atoms with Crippen molar-refractivity contribution < 1.29 is 4.74 Å². The van der Waals surface area contributed by atoms with Crippen LogP contribution in [-0.2, 0) is 11.3 Å². The summed E-state index contributed by atoms with van der Waals surface area (Å²) in [6.45, 7) is 8.87. The van der Waals surface area contributed by atoms with Crippen LogP contribution in [-0.4, -0.2) is 44.3 Å². The summed E-state index contributed by atoms with van der Waals surface area (Å²) in [6, 6.07) is 8.56. The van der Waals surface area contributed by atoms with Gasteiger partial charge in [-0.2, -0.15) is 0 Å². The number of benzene rings is 1. The highest BCUT2D eigenvalue weighted by molar-refractivity contribution is 6.30. The van der Waals surface area contributed by atoms with Crippen LogP contribution >= 0.6 is 11.6 Å². The molecular weight excluding hydrogens is 272 g/mol. The Labute approximate surface area is 128 Å². The summed E-state index contributed by atoms with van der Waals surface area (Å²) in [7, 11) is 2.15. The van der Waals surface area contributed by atoms with E-state index in [1.807, 2.05) is 19.1 Å². The van der Waals surface area contributed by atoms with E-state index in [-0.39, 0.29) is 0 Å². The first kappa shape index (κ1) is 17.4. The van der Waals surface area contributed by atoms with Crippen molar-refractivity contribution in [2.24, 2.45) is 0 Å². The zero-order valence-corrected chi connectivity index (χ0v) is 13.6. The van der Waals surface area contributed by atoms with Crippen molar-refractivity contribution in [3.63, 3.8) is 0 Å². The van der Waals surface area contributed by atoms with E-state index in [1.54, 1.807) is 0 Å². The molecule has 0 aliphatic carbocycles. The maximum Gasteiger partial charge on any atom is 0.0477 e. The molecule has 0 spiro atoms. The summed E-state index contributed by atoms with van der Waals surface area (Å²) in [6.07, 6.45) is 1.07. The molecule has 20 heavy (non-hydrogen) atoms. The van der Waals surface area contributed by atoms with E-state index in [2.05, 4.69) is 36.3 Å². The standard InChI is InChI=1S/C16H27ClN2O/c1-4-20-11-5-10-18-12-14(2)19(3)13-15-6-8-16(17)9-7-15/h6-9,14,18H,4-5,10-13H2,1-3H3. The molecule has 0 saturated heterocycles. The third-order valence-corrected chi connectivity index (χ3v) is 3.64. The largest absolute Gasteiger partial charge is 0.382 e. The van der Waals surface area contributed by atoms with E-state index in [0.29, 0.717) is 6.04 Å². The molecule has 1 N–H and O–H groups in total. The van der Waals surface area contributed by atoms with Gasteiger partial charge in [0.2, 0.25) is 0 Å². The fraction of sp³-hybridized carbons (Fsp3) is 0.625. The monoisotopic (exact) mass is 298 g/mol. The van der Waals surface area contributed by atoms with Gasteiger partial charge in [-0.15, -0.1) is 0 Å². The van der Waals surface area contributed by atoms with E-state index in [1.165, 1.54) is 5.56 Å². The van der Waals surface area contributed by atoms with E-state index in [4.69, 9.17) is 16.3 Å². The molecule has 3 nitrogen and oxygen atoms in total. The lowest BCUT2D eigenvalue weighted by Gasteiger charge is -2.25. The summed E-state index contributed by atoms with van der Waals surface area (Å²) >= 11 is 5.90. The van der Waals surface area contributed by atoms with E-state index in [0.717, 1.165) is 44.3 Å². The van der Waals surface area contributed by atoms with Crippen LogP contribution in [0.5, 0.6) is 0 Å². The molecule has 0 fully saturated rings. The summed E-state index contributed by atoms with van der Waals surface area (Å²) in [5, 5.41) is 4.27. The Balaban J connectivity index is 2.18. The van der Waals surface area contributed by atoms with Crippen molar-refractivity contribution in [3.8, 4) is 0 Å². The zero-order valence-electron chi connectivity index (χ0n) is 12.9. The average molecular weight is 299 g/mol. The van der Waals surface area contributed by atoms with Gasteiger partial charge >= 0.3 is 0 Å². The summed E-state index contributed by atoms with van der Waals surface area (Å²) in [4.78, 5) is 2.35. The Bertz CT molecular complexity index is 356. The highest BCUT2D eigenvalue weighted by atomic mass is 35.5. The number of hydrogen-bond acceptors (Lipinski definition) is 3. The van der Waals surface area contributed by atoms with E-state index >= 15 is 0 Å². The van der Waals surface area contributed by atoms with Gasteiger partial charge in [-0.25, -0.2) is 0 Å². The lowest BCUT2D eigenvalue weighted by atomic mass is 10.2. The molecule has 1 unspecified atom stereocenters. The first-order chi connectivity index (χ1) is 9.63. The number of ether oxygens (including phenoxy) is 1. The molecule has 114 valence electrons. The number of likely N-dealkylation sites (N-methyl/N-ethyl adjacent to an activating group) is 1. The van der Waals surface area contributed by atoms with Crippen LogP contribution in [0.15, 0.2) is 24.3 Å². The molecule has 0 aromatic heterocycles. The first-order valence-corrected chi connectivity index (χ1v) is 7.74. The Kier molecular flexibility index (Phi) is 8.86. The lowest BCUT2D eigenvalue weighted by Crippen LogP contribution is -2.38. The van der Waals surface area contributed by atoms with Gasteiger partial charge in [0.25, 0.3) is 0 Å². The lowest BCUT2D eigenvalue weighted by molar-refractivity contribution is 0.144. The van der Waals surface area contributed by atoms with E-state index in [9.17, 15) is 0 Å². The van der Waals surface area contributed by atoms with Gasteiger partial charge in [-0.05, 0) is 51.6 Å². The molecular formula is C16H27ClN2O. The number of halogens is 1. The molecule has 1 atom stereocenters. The summed E-state index contributed by atoms with van der Waals surface area (Å²) in [5.41, 5.74) is 1.29. The Hall–Kier alpha value is -0.610. The Morgan fingerprint density at radius 1 is 1.30 bits per heavy atom. The van der Waals surface area contributed by atoms with Gasteiger partial charge < -0.3 is 10.1 Å². The van der Waals surface area contributed by atoms with Crippen LogP contribution in [0.3, 0.4) is 0 Å². The predicted molar refractivity (Wildman–Crippen MR) is 86.4 cm³/mol. The third kappa shape index (κ3) is 7.25. The molecule has 1 rings (SSSR count). The normalized spacial score (nSPS) is 12.8. The number of rotatable bonds is 10. The fourth-order valence-corrected chi connectivity index (χ4v) is 2.07. The second kappa shape index (κ2) is 10.2. The molecule has 0 bridgehead atoms. The van der Waals surface area contributed by atoms with Crippen molar-refractivity contribution in [2.75, 3.05) is 33.4 Å². The minimum absolute atomic E-state index is 0.498. The minimum atomic E-state index is 0.498. The molecule has 1 aromatic carbocycles. The minimum Gasteiger partial charge on any atom is -0.382 e. The van der Waals surface area contributed by atoms with Crippen molar-refractivity contribution in [2.45, 2.75) is 32.9 Å². The summed E-state index contributed by atoms with van der Waals surface area (Å²) < 4.78 is 5.32. The number of nitrogens with zero attached hydrogens (tertiary/aromatic N) is 1. The first-order valence-electron chi connectivity index (χ1n) is 7.36. The molecule has 0 saturated carbocycles.